The van der Waals surface area contributed by atoms with Crippen molar-refractivity contribution in [2.75, 3.05) is 7.11 Å². The first kappa shape index (κ1) is 12.4. The van der Waals surface area contributed by atoms with E-state index >= 15 is 0 Å². The van der Waals surface area contributed by atoms with Crippen LogP contribution in [0.4, 0.5) is 0 Å². The molecular formula is C9H11N3O5S. The number of esters is 1. The van der Waals surface area contributed by atoms with Gasteiger partial charge in [-0.1, -0.05) is 0 Å². The quantitative estimate of drug-likeness (QED) is 0.662. The molecule has 0 aliphatic carbocycles. The van der Waals surface area contributed by atoms with Gasteiger partial charge in [0.05, 0.1) is 18.4 Å². The summed E-state index contributed by atoms with van der Waals surface area (Å²) in [4.78, 5) is 11.4. The molecule has 8 nitrogen and oxygen atoms in total. The fraction of sp³-hybridized carbons (Fsp3) is 0.333. The van der Waals surface area contributed by atoms with E-state index in [0.717, 1.165) is 11.8 Å². The van der Waals surface area contributed by atoms with Crippen LogP contribution >= 0.6 is 0 Å². The van der Waals surface area contributed by atoms with Crippen molar-refractivity contribution in [3.8, 4) is 0 Å². The Hall–Kier alpha value is -2.03. The molecule has 1 aliphatic heterocycles. The van der Waals surface area contributed by atoms with E-state index in [4.69, 9.17) is 0 Å². The monoisotopic (exact) mass is 273 g/mol. The summed E-state index contributed by atoms with van der Waals surface area (Å²) in [6, 6.07) is 0. The lowest BCUT2D eigenvalue weighted by Crippen LogP contribution is -2.34. The van der Waals surface area contributed by atoms with Gasteiger partial charge in [-0.25, -0.2) is 4.79 Å². The normalized spacial score (nSPS) is 17.1. The zero-order chi connectivity index (χ0) is 13.7. The molecule has 0 spiro atoms. The molecule has 1 aromatic heterocycles. The third-order valence-electron chi connectivity index (χ3n) is 2.52. The number of hydrogen-bond acceptors (Lipinski definition) is 6. The Balaban J connectivity index is 2.81. The van der Waals surface area contributed by atoms with E-state index in [1.807, 2.05) is 4.72 Å². The molecule has 0 radical (unpaired) electrons. The molecule has 0 bridgehead atoms. The fourth-order valence-electron chi connectivity index (χ4n) is 1.81. The summed E-state index contributed by atoms with van der Waals surface area (Å²) in [5.41, 5.74) is -0.200. The lowest BCUT2D eigenvalue weighted by molar-refractivity contribution is -0.136. The molecule has 1 aromatic rings. The third kappa shape index (κ3) is 1.55. The highest BCUT2D eigenvalue weighted by Gasteiger charge is 2.37. The van der Waals surface area contributed by atoms with Crippen LogP contribution in [0.2, 0.25) is 0 Å². The molecule has 0 fully saturated rings. The molecule has 9 heteroatoms. The Kier molecular flexibility index (Phi) is 2.58. The van der Waals surface area contributed by atoms with E-state index in [-0.39, 0.29) is 10.6 Å². The molecule has 0 atom stereocenters. The number of nitrogens with zero attached hydrogens (tertiary/aromatic N) is 2. The van der Waals surface area contributed by atoms with Crippen molar-refractivity contribution >= 4 is 21.8 Å². The minimum absolute atomic E-state index is 0.0108. The van der Waals surface area contributed by atoms with Gasteiger partial charge in [-0.15, -0.1) is 0 Å². The van der Waals surface area contributed by atoms with E-state index in [2.05, 4.69) is 9.84 Å². The van der Waals surface area contributed by atoms with Crippen LogP contribution in [0.5, 0.6) is 0 Å². The van der Waals surface area contributed by atoms with Crippen molar-refractivity contribution in [2.45, 2.75) is 11.9 Å². The first-order valence-corrected chi connectivity index (χ1v) is 6.36. The molecule has 2 heterocycles. The van der Waals surface area contributed by atoms with Crippen molar-refractivity contribution in [3.05, 3.63) is 17.0 Å². The predicted molar refractivity (Wildman–Crippen MR) is 59.8 cm³/mol. The number of hydrogen-bond donors (Lipinski definition) is 2. The number of methoxy groups -OCH3 is 1. The summed E-state index contributed by atoms with van der Waals surface area (Å²) in [7, 11) is -1.44. The fourth-order valence-corrected chi connectivity index (χ4v) is 3.26. The molecule has 0 saturated carbocycles. The van der Waals surface area contributed by atoms with E-state index in [1.54, 1.807) is 0 Å². The number of fused-ring (bicyclic) bond motifs is 1. The topological polar surface area (TPSA) is 111 Å². The first-order valence-electron chi connectivity index (χ1n) is 4.88. The standard InChI is InChI=1S/C9H11N3O5S/c1-4-5-7(13)6(9(14)17-3)11-18(15,16)8(5)12(2)10-4/h11,13H,1-3H3. The van der Waals surface area contributed by atoms with Gasteiger partial charge in [0, 0.05) is 7.05 Å². The van der Waals surface area contributed by atoms with Crippen LogP contribution < -0.4 is 4.72 Å². The van der Waals surface area contributed by atoms with Crippen molar-refractivity contribution < 1.29 is 23.1 Å². The zero-order valence-corrected chi connectivity index (χ0v) is 10.7. The second-order valence-electron chi connectivity index (χ2n) is 3.71. The van der Waals surface area contributed by atoms with Gasteiger partial charge in [0.2, 0.25) is 0 Å². The van der Waals surface area contributed by atoms with Gasteiger partial charge in [-0.2, -0.15) is 13.5 Å². The Bertz CT molecular complexity index is 671. The Labute approximate surface area is 103 Å². The summed E-state index contributed by atoms with van der Waals surface area (Å²) in [5.74, 6) is -1.46. The van der Waals surface area contributed by atoms with Gasteiger partial charge in [0.1, 0.15) is 0 Å². The van der Waals surface area contributed by atoms with Gasteiger partial charge in [-0.3, -0.25) is 9.40 Å². The van der Waals surface area contributed by atoms with E-state index in [9.17, 15) is 18.3 Å². The van der Waals surface area contributed by atoms with Gasteiger partial charge in [0.25, 0.3) is 10.0 Å². The number of aryl methyl sites for hydroxylation is 2. The summed E-state index contributed by atoms with van der Waals surface area (Å²) >= 11 is 0. The van der Waals surface area contributed by atoms with Crippen molar-refractivity contribution in [1.82, 2.24) is 14.5 Å². The number of aliphatic hydroxyl groups is 1. The molecular weight excluding hydrogens is 262 g/mol. The highest BCUT2D eigenvalue weighted by molar-refractivity contribution is 7.89. The SMILES string of the molecule is COC(=O)C1=C(O)c2c(C)nn(C)c2S(=O)(=O)N1. The third-order valence-corrected chi connectivity index (χ3v) is 3.97. The number of carbonyl (C=O) groups is 1. The van der Waals surface area contributed by atoms with Crippen LogP contribution in [0.1, 0.15) is 11.3 Å². The highest BCUT2D eigenvalue weighted by atomic mass is 32.2. The van der Waals surface area contributed by atoms with Gasteiger partial charge >= 0.3 is 5.97 Å². The van der Waals surface area contributed by atoms with Crippen LogP contribution in [0, 0.1) is 6.92 Å². The smallest absolute Gasteiger partial charge is 0.359 e. The van der Waals surface area contributed by atoms with E-state index < -0.39 is 27.4 Å². The van der Waals surface area contributed by atoms with Crippen LogP contribution in [-0.2, 0) is 26.6 Å². The largest absolute Gasteiger partial charge is 0.505 e. The number of nitrogens with one attached hydrogen (secondary N) is 1. The average Bonchev–Trinajstić information content (AvgIpc) is 2.59. The molecule has 2 rings (SSSR count). The van der Waals surface area contributed by atoms with Gasteiger partial charge in [-0.05, 0) is 6.92 Å². The Morgan fingerprint density at radius 3 is 2.67 bits per heavy atom. The van der Waals surface area contributed by atoms with Crippen molar-refractivity contribution in [2.24, 2.45) is 7.05 Å². The molecule has 0 amide bonds. The first-order chi connectivity index (χ1) is 8.29. The second kappa shape index (κ2) is 3.73. The number of rotatable bonds is 1. The van der Waals surface area contributed by atoms with E-state index in [1.165, 1.54) is 14.0 Å². The molecule has 1 aliphatic rings. The van der Waals surface area contributed by atoms with Crippen LogP contribution in [0.25, 0.3) is 5.76 Å². The maximum Gasteiger partial charge on any atom is 0.359 e. The minimum Gasteiger partial charge on any atom is -0.505 e. The maximum atomic E-state index is 12.0. The minimum atomic E-state index is -3.96. The molecule has 0 saturated heterocycles. The number of aliphatic hydroxyl groups excluding tert-OH is 1. The van der Waals surface area contributed by atoms with Crippen LogP contribution in [-0.4, -0.2) is 36.4 Å². The number of carbonyl (C=O) groups excluding carboxylic acids is 1. The van der Waals surface area contributed by atoms with Crippen molar-refractivity contribution in [1.29, 1.82) is 0 Å². The number of aromatic nitrogens is 2. The van der Waals surface area contributed by atoms with Gasteiger partial charge in [0.15, 0.2) is 16.5 Å². The van der Waals surface area contributed by atoms with Crippen molar-refractivity contribution in [3.63, 3.8) is 0 Å². The molecule has 98 valence electrons. The molecule has 0 unspecified atom stereocenters. The van der Waals surface area contributed by atoms with Crippen LogP contribution in [0.15, 0.2) is 10.7 Å². The number of sulfonamides is 1. The molecule has 2 N–H and O–H groups in total. The second-order valence-corrected chi connectivity index (χ2v) is 5.31. The lowest BCUT2D eigenvalue weighted by Gasteiger charge is -2.18. The summed E-state index contributed by atoms with van der Waals surface area (Å²) in [6.07, 6.45) is 0. The Morgan fingerprint density at radius 2 is 2.11 bits per heavy atom. The summed E-state index contributed by atoms with van der Waals surface area (Å²) in [6.45, 7) is 1.53. The lowest BCUT2D eigenvalue weighted by atomic mass is 10.2. The predicted octanol–water partition coefficient (Wildman–Crippen LogP) is -0.580. The molecule has 0 aromatic carbocycles. The van der Waals surface area contributed by atoms with E-state index in [0.29, 0.717) is 5.69 Å². The Morgan fingerprint density at radius 1 is 1.50 bits per heavy atom. The maximum absolute atomic E-state index is 12.0. The summed E-state index contributed by atoms with van der Waals surface area (Å²) < 4.78 is 31.4. The number of ether oxygens (including phenoxy) is 1. The van der Waals surface area contributed by atoms with Crippen LogP contribution in [0.3, 0.4) is 0 Å². The molecule has 18 heavy (non-hydrogen) atoms. The van der Waals surface area contributed by atoms with Gasteiger partial charge < -0.3 is 9.84 Å². The summed E-state index contributed by atoms with van der Waals surface area (Å²) in [5, 5.41) is 13.7. The average molecular weight is 273 g/mol. The highest BCUT2D eigenvalue weighted by Crippen LogP contribution is 2.31. The zero-order valence-electron chi connectivity index (χ0n) is 9.88.